The van der Waals surface area contributed by atoms with E-state index in [1.54, 1.807) is 12.1 Å². The van der Waals surface area contributed by atoms with Crippen molar-refractivity contribution in [3.8, 4) is 5.75 Å². The number of phenolic OH excluding ortho intramolecular Hbond substituents is 1. The van der Waals surface area contributed by atoms with E-state index in [-0.39, 0.29) is 11.5 Å². The molecule has 0 saturated heterocycles. The zero-order valence-electron chi connectivity index (χ0n) is 9.43. The highest BCUT2D eigenvalue weighted by Crippen LogP contribution is 2.25. The SMILES string of the molecule is O=C(N/N=C/c1cc(I)cc(I)c1O)c1ccco1. The third kappa shape index (κ3) is 3.69. The third-order valence-electron chi connectivity index (χ3n) is 2.17. The number of aromatic hydroxyl groups is 1. The van der Waals surface area contributed by atoms with Crippen LogP contribution in [0.2, 0.25) is 0 Å². The van der Waals surface area contributed by atoms with Gasteiger partial charge in [0.25, 0.3) is 0 Å². The summed E-state index contributed by atoms with van der Waals surface area (Å²) in [7, 11) is 0. The fourth-order valence-corrected chi connectivity index (χ4v) is 3.20. The summed E-state index contributed by atoms with van der Waals surface area (Å²) in [6, 6.07) is 6.76. The minimum absolute atomic E-state index is 0.136. The van der Waals surface area contributed by atoms with Crippen LogP contribution < -0.4 is 5.43 Å². The monoisotopic (exact) mass is 482 g/mol. The van der Waals surface area contributed by atoms with Gasteiger partial charge in [0, 0.05) is 9.13 Å². The fourth-order valence-electron chi connectivity index (χ4n) is 1.31. The van der Waals surface area contributed by atoms with Crippen LogP contribution in [-0.4, -0.2) is 17.2 Å². The predicted octanol–water partition coefficient (Wildman–Crippen LogP) is 2.96. The molecule has 0 bridgehead atoms. The lowest BCUT2D eigenvalue weighted by Gasteiger charge is -2.02. The van der Waals surface area contributed by atoms with Crippen LogP contribution in [0.25, 0.3) is 0 Å². The molecule has 0 aliphatic rings. The van der Waals surface area contributed by atoms with Gasteiger partial charge in [-0.15, -0.1) is 0 Å². The topological polar surface area (TPSA) is 74.8 Å². The van der Waals surface area contributed by atoms with Gasteiger partial charge in [-0.1, -0.05) is 0 Å². The highest BCUT2D eigenvalue weighted by molar-refractivity contribution is 14.1. The Morgan fingerprint density at radius 2 is 2.21 bits per heavy atom. The number of halogens is 2. The van der Waals surface area contributed by atoms with Crippen LogP contribution in [0.15, 0.2) is 40.0 Å². The third-order valence-corrected chi connectivity index (χ3v) is 3.62. The van der Waals surface area contributed by atoms with Gasteiger partial charge in [-0.3, -0.25) is 4.79 Å². The van der Waals surface area contributed by atoms with Crippen LogP contribution in [0.1, 0.15) is 16.1 Å². The molecule has 5 nitrogen and oxygen atoms in total. The molecule has 98 valence electrons. The average Bonchev–Trinajstić information content (AvgIpc) is 2.88. The largest absolute Gasteiger partial charge is 0.506 e. The van der Waals surface area contributed by atoms with Crippen molar-refractivity contribution in [2.75, 3.05) is 0 Å². The molecule has 0 fully saturated rings. The highest BCUT2D eigenvalue weighted by Gasteiger charge is 2.07. The molecule has 0 unspecified atom stereocenters. The molecule has 0 aliphatic heterocycles. The quantitative estimate of drug-likeness (QED) is 0.402. The maximum Gasteiger partial charge on any atom is 0.307 e. The normalized spacial score (nSPS) is 10.8. The summed E-state index contributed by atoms with van der Waals surface area (Å²) in [6.45, 7) is 0. The van der Waals surface area contributed by atoms with Crippen molar-refractivity contribution in [1.82, 2.24) is 5.43 Å². The number of carbonyl (C=O) groups excluding carboxylic acids is 1. The van der Waals surface area contributed by atoms with Crippen molar-refractivity contribution < 1.29 is 14.3 Å². The molecule has 2 N–H and O–H groups in total. The van der Waals surface area contributed by atoms with E-state index in [9.17, 15) is 9.90 Å². The number of nitrogens with one attached hydrogen (secondary N) is 1. The number of hydrogen-bond acceptors (Lipinski definition) is 4. The van der Waals surface area contributed by atoms with E-state index < -0.39 is 5.91 Å². The lowest BCUT2D eigenvalue weighted by molar-refractivity contribution is 0.0927. The van der Waals surface area contributed by atoms with Crippen molar-refractivity contribution in [3.05, 3.63) is 49.0 Å². The summed E-state index contributed by atoms with van der Waals surface area (Å²) >= 11 is 4.17. The van der Waals surface area contributed by atoms with Crippen LogP contribution in [-0.2, 0) is 0 Å². The van der Waals surface area contributed by atoms with E-state index in [1.165, 1.54) is 18.5 Å². The van der Waals surface area contributed by atoms with Gasteiger partial charge in [-0.05, 0) is 69.4 Å². The number of carbonyl (C=O) groups is 1. The van der Waals surface area contributed by atoms with Crippen molar-refractivity contribution >= 4 is 57.3 Å². The molecule has 0 aliphatic carbocycles. The number of benzene rings is 1. The molecule has 0 spiro atoms. The molecule has 19 heavy (non-hydrogen) atoms. The summed E-state index contributed by atoms with van der Waals surface area (Å²) in [6.07, 6.45) is 2.80. The molecule has 2 rings (SSSR count). The first-order chi connectivity index (χ1) is 9.08. The standard InChI is InChI=1S/C12H8I2N2O3/c13-8-4-7(11(17)9(14)5-8)6-15-16-12(18)10-2-1-3-19-10/h1-6,17H,(H,16,18)/b15-6+. The van der Waals surface area contributed by atoms with Crippen LogP contribution >= 0.6 is 45.2 Å². The number of furan rings is 1. The summed E-state index contributed by atoms with van der Waals surface area (Å²) in [5.74, 6) is -0.128. The molecule has 1 aromatic heterocycles. The lowest BCUT2D eigenvalue weighted by atomic mass is 10.2. The smallest absolute Gasteiger partial charge is 0.307 e. The number of phenols is 1. The predicted molar refractivity (Wildman–Crippen MR) is 87.3 cm³/mol. The van der Waals surface area contributed by atoms with Gasteiger partial charge in [0.1, 0.15) is 5.75 Å². The van der Waals surface area contributed by atoms with Crippen LogP contribution in [0.4, 0.5) is 0 Å². The van der Waals surface area contributed by atoms with E-state index in [2.05, 4.69) is 33.1 Å². The molecular formula is C12H8I2N2O3. The molecule has 1 heterocycles. The Kier molecular flexibility index (Phi) is 4.80. The van der Waals surface area contributed by atoms with E-state index >= 15 is 0 Å². The first kappa shape index (κ1) is 14.3. The molecule has 2 aromatic rings. The molecule has 0 atom stereocenters. The Bertz CT molecular complexity index is 624. The number of nitrogens with zero attached hydrogens (tertiary/aromatic N) is 1. The maximum atomic E-state index is 11.5. The van der Waals surface area contributed by atoms with E-state index in [0.717, 1.165) is 7.14 Å². The van der Waals surface area contributed by atoms with Gasteiger partial charge in [0.05, 0.1) is 16.0 Å². The number of amides is 1. The molecule has 0 radical (unpaired) electrons. The Balaban J connectivity index is 2.09. The van der Waals surface area contributed by atoms with E-state index in [4.69, 9.17) is 4.42 Å². The zero-order valence-corrected chi connectivity index (χ0v) is 13.7. The Morgan fingerprint density at radius 1 is 1.42 bits per heavy atom. The van der Waals surface area contributed by atoms with Crippen LogP contribution in [0.5, 0.6) is 5.75 Å². The molecule has 1 amide bonds. The summed E-state index contributed by atoms with van der Waals surface area (Å²) in [5, 5.41) is 13.6. The van der Waals surface area contributed by atoms with Gasteiger partial charge in [-0.2, -0.15) is 5.10 Å². The minimum Gasteiger partial charge on any atom is -0.506 e. The Hall–Kier alpha value is -1.10. The van der Waals surface area contributed by atoms with Crippen molar-refractivity contribution in [2.24, 2.45) is 5.10 Å². The lowest BCUT2D eigenvalue weighted by Crippen LogP contribution is -2.16. The van der Waals surface area contributed by atoms with Gasteiger partial charge in [0.15, 0.2) is 5.76 Å². The summed E-state index contributed by atoms with van der Waals surface area (Å²) in [5.41, 5.74) is 2.86. The minimum atomic E-state index is -0.443. The summed E-state index contributed by atoms with van der Waals surface area (Å²) < 4.78 is 6.62. The number of hydrazone groups is 1. The Morgan fingerprint density at radius 3 is 2.89 bits per heavy atom. The van der Waals surface area contributed by atoms with E-state index in [1.807, 2.05) is 28.7 Å². The second-order valence-electron chi connectivity index (χ2n) is 3.50. The first-order valence-electron chi connectivity index (χ1n) is 5.13. The van der Waals surface area contributed by atoms with Gasteiger partial charge >= 0.3 is 5.91 Å². The maximum absolute atomic E-state index is 11.5. The Labute approximate surface area is 136 Å². The van der Waals surface area contributed by atoms with Gasteiger partial charge in [0.2, 0.25) is 0 Å². The first-order valence-corrected chi connectivity index (χ1v) is 7.28. The van der Waals surface area contributed by atoms with E-state index in [0.29, 0.717) is 5.56 Å². The molecule has 7 heteroatoms. The van der Waals surface area contributed by atoms with Crippen LogP contribution in [0.3, 0.4) is 0 Å². The average molecular weight is 482 g/mol. The van der Waals surface area contributed by atoms with Crippen LogP contribution in [0, 0.1) is 7.14 Å². The molecule has 1 aromatic carbocycles. The van der Waals surface area contributed by atoms with Gasteiger partial charge in [-0.25, -0.2) is 5.43 Å². The zero-order chi connectivity index (χ0) is 13.8. The van der Waals surface area contributed by atoms with Gasteiger partial charge < -0.3 is 9.52 Å². The second-order valence-corrected chi connectivity index (χ2v) is 5.91. The summed E-state index contributed by atoms with van der Waals surface area (Å²) in [4.78, 5) is 11.5. The molecular weight excluding hydrogens is 474 g/mol. The fraction of sp³-hybridized carbons (Fsp3) is 0. The number of hydrogen-bond donors (Lipinski definition) is 2. The van der Waals surface area contributed by atoms with Crippen molar-refractivity contribution in [3.63, 3.8) is 0 Å². The van der Waals surface area contributed by atoms with Crippen molar-refractivity contribution in [1.29, 1.82) is 0 Å². The highest BCUT2D eigenvalue weighted by atomic mass is 127. The second kappa shape index (κ2) is 6.37. The molecule has 0 saturated carbocycles. The number of rotatable bonds is 3. The van der Waals surface area contributed by atoms with Crippen molar-refractivity contribution in [2.45, 2.75) is 0 Å².